The number of nitrogens with zero attached hydrogens (tertiary/aromatic N) is 6. The summed E-state index contributed by atoms with van der Waals surface area (Å²) in [6, 6.07) is 116. The lowest BCUT2D eigenvalue weighted by Gasteiger charge is -2.13. The normalized spacial score (nSPS) is 11.9. The van der Waals surface area contributed by atoms with Crippen molar-refractivity contribution in [3.05, 3.63) is 328 Å². The number of fused-ring (bicyclic) bond motifs is 14. The molecular weight excluding hydrogens is 1250 g/mol. The van der Waals surface area contributed by atoms with Crippen LogP contribution < -0.4 is 0 Å². The van der Waals surface area contributed by atoms with Gasteiger partial charge in [-0.1, -0.05) is 261 Å². The fraction of sp³-hybridized carbons (Fsp3) is 0. The predicted octanol–water partition coefficient (Wildman–Crippen LogP) is 24.9. The van der Waals surface area contributed by atoms with Crippen molar-refractivity contribution in [2.75, 3.05) is 0 Å². The zero-order chi connectivity index (χ0) is 66.9. The van der Waals surface area contributed by atoms with Crippen molar-refractivity contribution in [3.63, 3.8) is 0 Å². The highest BCUT2D eigenvalue weighted by molar-refractivity contribution is 6.19. The quantitative estimate of drug-likeness (QED) is 0.132. The van der Waals surface area contributed by atoms with Crippen LogP contribution in [0.25, 0.3) is 221 Å². The van der Waals surface area contributed by atoms with Crippen LogP contribution in [0.2, 0.25) is 0 Å². The Hall–Kier alpha value is -13.8. The Labute approximate surface area is 583 Å². The summed E-state index contributed by atoms with van der Waals surface area (Å²) in [7, 11) is 0. The molecule has 0 aliphatic rings. The fourth-order valence-electron chi connectivity index (χ4n) is 15.6. The largest absolute Gasteiger partial charge is 0.456 e. The molecule has 0 saturated heterocycles. The Morgan fingerprint density at radius 3 is 1.11 bits per heavy atom. The van der Waals surface area contributed by atoms with Crippen molar-refractivity contribution < 1.29 is 8.83 Å². The number of rotatable bonds is 9. The number of furan rings is 2. The average molecular weight is 1300 g/mol. The van der Waals surface area contributed by atoms with Crippen molar-refractivity contribution in [1.82, 2.24) is 29.9 Å². The third-order valence-electron chi connectivity index (χ3n) is 20.5. The second kappa shape index (κ2) is 22.9. The Kier molecular flexibility index (Phi) is 12.9. The van der Waals surface area contributed by atoms with Crippen molar-refractivity contribution in [2.24, 2.45) is 0 Å². The third-order valence-corrected chi connectivity index (χ3v) is 20.5. The Morgan fingerprint density at radius 1 is 0.157 bits per heavy atom. The first-order valence-electron chi connectivity index (χ1n) is 34.4. The van der Waals surface area contributed by atoms with Crippen LogP contribution in [0.15, 0.2) is 336 Å². The Bertz CT molecular complexity index is 7080. The highest BCUT2D eigenvalue weighted by Crippen LogP contribution is 2.45. The van der Waals surface area contributed by atoms with Crippen molar-refractivity contribution in [2.45, 2.75) is 0 Å². The van der Waals surface area contributed by atoms with E-state index in [1.165, 1.54) is 27.1 Å². The second-order valence-electron chi connectivity index (χ2n) is 26.4. The van der Waals surface area contributed by atoms with Crippen LogP contribution in [0.1, 0.15) is 0 Å². The van der Waals surface area contributed by atoms with Gasteiger partial charge in [-0.05, 0) is 176 Å². The molecule has 0 bridgehead atoms. The predicted molar refractivity (Wildman–Crippen MR) is 419 cm³/mol. The molecule has 4 heterocycles. The maximum Gasteiger partial charge on any atom is 0.164 e. The number of hydrogen-bond donors (Lipinski definition) is 0. The van der Waals surface area contributed by atoms with Crippen LogP contribution in [-0.4, -0.2) is 29.9 Å². The molecule has 4 aromatic heterocycles. The second-order valence-corrected chi connectivity index (χ2v) is 26.4. The SMILES string of the molecule is c1ccc(-c2nc(-c3cccc4ccccc34)nc(-c3cccc4oc5cc6cc(-c7ccc8cc(-c9cccc%10c(-c%11nc(-c%12ccccc%12)nc(-c%12cccc%13oc%14cc%15cc(-c%16cc%17ccccc%17c%17ccccc%16%17)ccc%15cc%14c%12%13)n%11)cccc9%10)ccc8c7)ccc6cc5c34)n2)cc1. The molecule has 102 heavy (non-hydrogen) atoms. The summed E-state index contributed by atoms with van der Waals surface area (Å²) in [6.45, 7) is 0. The summed E-state index contributed by atoms with van der Waals surface area (Å²) in [5.74, 6) is 3.55. The molecule has 0 aliphatic heterocycles. The Morgan fingerprint density at radius 2 is 0.520 bits per heavy atom. The van der Waals surface area contributed by atoms with E-state index in [1.807, 2.05) is 72.8 Å². The van der Waals surface area contributed by atoms with Gasteiger partial charge >= 0.3 is 0 Å². The first-order valence-corrected chi connectivity index (χ1v) is 34.4. The van der Waals surface area contributed by atoms with Crippen molar-refractivity contribution in [3.8, 4) is 102 Å². The van der Waals surface area contributed by atoms with Gasteiger partial charge in [0.15, 0.2) is 34.9 Å². The van der Waals surface area contributed by atoms with Gasteiger partial charge < -0.3 is 8.83 Å². The van der Waals surface area contributed by atoms with E-state index in [0.717, 1.165) is 159 Å². The van der Waals surface area contributed by atoms with E-state index >= 15 is 0 Å². The zero-order valence-corrected chi connectivity index (χ0v) is 54.7. The fourth-order valence-corrected chi connectivity index (χ4v) is 15.6. The number of hydrogen-bond acceptors (Lipinski definition) is 8. The minimum Gasteiger partial charge on any atom is -0.456 e. The highest BCUT2D eigenvalue weighted by Gasteiger charge is 2.23. The molecule has 0 unspecified atom stereocenters. The van der Waals surface area contributed by atoms with E-state index in [4.69, 9.17) is 38.7 Å². The van der Waals surface area contributed by atoms with E-state index in [1.54, 1.807) is 0 Å². The van der Waals surface area contributed by atoms with Crippen LogP contribution in [-0.2, 0) is 0 Å². The van der Waals surface area contributed by atoms with Gasteiger partial charge in [0.25, 0.3) is 0 Å². The van der Waals surface area contributed by atoms with E-state index in [9.17, 15) is 0 Å². The first-order chi connectivity index (χ1) is 50.5. The Balaban J connectivity index is 0.613. The van der Waals surface area contributed by atoms with Gasteiger partial charge in [0.05, 0.1) is 0 Å². The topological polar surface area (TPSA) is 104 Å². The minimum absolute atomic E-state index is 0.567. The van der Waals surface area contributed by atoms with Crippen molar-refractivity contribution >= 4 is 119 Å². The smallest absolute Gasteiger partial charge is 0.164 e. The molecule has 0 aliphatic carbocycles. The summed E-state index contributed by atoms with van der Waals surface area (Å²) in [5, 5.41) is 19.9. The molecule has 0 N–H and O–H groups in total. The van der Waals surface area contributed by atoms with Gasteiger partial charge in [0.2, 0.25) is 0 Å². The average Bonchev–Trinajstić information content (AvgIpc) is 1.49. The van der Waals surface area contributed by atoms with Gasteiger partial charge in [0.1, 0.15) is 22.3 Å². The van der Waals surface area contributed by atoms with Crippen LogP contribution in [0.5, 0.6) is 0 Å². The van der Waals surface area contributed by atoms with Crippen LogP contribution in [0.3, 0.4) is 0 Å². The van der Waals surface area contributed by atoms with Crippen LogP contribution >= 0.6 is 0 Å². The zero-order valence-electron chi connectivity index (χ0n) is 54.7. The van der Waals surface area contributed by atoms with Gasteiger partial charge in [-0.25, -0.2) is 29.9 Å². The maximum atomic E-state index is 6.79. The van der Waals surface area contributed by atoms with E-state index in [2.05, 4.69) is 255 Å². The van der Waals surface area contributed by atoms with Crippen LogP contribution in [0.4, 0.5) is 0 Å². The lowest BCUT2D eigenvalue weighted by Crippen LogP contribution is -2.01. The summed E-state index contributed by atoms with van der Waals surface area (Å²) in [6.07, 6.45) is 0. The lowest BCUT2D eigenvalue weighted by atomic mass is 9.92. The van der Waals surface area contributed by atoms with Crippen molar-refractivity contribution in [1.29, 1.82) is 0 Å². The highest BCUT2D eigenvalue weighted by atomic mass is 16.3. The summed E-state index contributed by atoms with van der Waals surface area (Å²) in [4.78, 5) is 31.5. The monoisotopic (exact) mass is 1300 g/mol. The first kappa shape index (κ1) is 57.3. The molecule has 0 saturated carbocycles. The van der Waals surface area contributed by atoms with Gasteiger partial charge in [0, 0.05) is 54.9 Å². The molecular formula is C94H54N6O2. The number of aromatic nitrogens is 6. The molecule has 17 aromatic carbocycles. The summed E-state index contributed by atoms with van der Waals surface area (Å²) < 4.78 is 13.5. The summed E-state index contributed by atoms with van der Waals surface area (Å²) in [5.41, 5.74) is 15.4. The molecule has 8 nitrogen and oxygen atoms in total. The molecule has 0 fully saturated rings. The van der Waals surface area contributed by atoms with E-state index in [0.29, 0.717) is 34.9 Å². The molecule has 0 atom stereocenters. The standard InChI is InChI=1S/C94H54N6O2/c1-3-19-56(20-4-1)89-95-91(76-32-13-24-55-18-7-9-25-69(55)76)99-93(97-89)78-34-16-36-83-87(78)81-50-62-41-40-61(48-67(62)53-85(81)101-83)58-38-39-60-47-65(44-42-59(60)46-58)71-29-14-31-74-73(71)30-15-33-77(74)92-96-90(57-21-5-2-6-22-57)98-94(100-92)79-35-17-37-84-88(79)82-51-63-43-45-66(49-68(63)54-86(82)102-84)80-52-64-23-8-10-26-70(64)72-27-11-12-28-75(72)80/h1-54H. The molecule has 0 amide bonds. The van der Waals surface area contributed by atoms with Gasteiger partial charge in [-0.2, -0.15) is 0 Å². The van der Waals surface area contributed by atoms with E-state index in [-0.39, 0.29) is 0 Å². The molecule has 8 heteroatoms. The lowest BCUT2D eigenvalue weighted by molar-refractivity contribution is 0.669. The third kappa shape index (κ3) is 9.45. The van der Waals surface area contributed by atoms with Gasteiger partial charge in [-0.3, -0.25) is 0 Å². The minimum atomic E-state index is 0.567. The molecule has 21 aromatic rings. The molecule has 472 valence electrons. The number of benzene rings is 17. The molecule has 0 radical (unpaired) electrons. The maximum absolute atomic E-state index is 6.79. The summed E-state index contributed by atoms with van der Waals surface area (Å²) >= 11 is 0. The van der Waals surface area contributed by atoms with E-state index < -0.39 is 0 Å². The molecule has 21 rings (SSSR count). The van der Waals surface area contributed by atoms with Crippen LogP contribution in [0, 0.1) is 0 Å². The van der Waals surface area contributed by atoms with Gasteiger partial charge in [-0.15, -0.1) is 0 Å². The molecule has 0 spiro atoms.